The maximum absolute atomic E-state index is 11.1. The molecule has 3 N–H and O–H groups in total. The Morgan fingerprint density at radius 3 is 2.89 bits per heavy atom. The molecule has 1 rings (SSSR count). The molecule has 4 nitrogen and oxygen atoms in total. The number of esters is 1. The van der Waals surface area contributed by atoms with Gasteiger partial charge in [-0.1, -0.05) is 6.07 Å². The topological polar surface area (TPSA) is 64.3 Å². The number of carbonyl (C=O) groups is 1. The summed E-state index contributed by atoms with van der Waals surface area (Å²) in [5.41, 5.74) is 8.75. The molecule has 4 heteroatoms. The van der Waals surface area contributed by atoms with E-state index in [9.17, 15) is 4.79 Å². The van der Waals surface area contributed by atoms with E-state index in [2.05, 4.69) is 5.32 Å². The van der Waals surface area contributed by atoms with Crippen molar-refractivity contribution in [1.82, 2.24) is 0 Å². The molecule has 0 bridgehead atoms. The van der Waals surface area contributed by atoms with Gasteiger partial charge in [0.1, 0.15) is 0 Å². The average molecular weight is 250 g/mol. The highest BCUT2D eigenvalue weighted by Crippen LogP contribution is 2.19. The summed E-state index contributed by atoms with van der Waals surface area (Å²) in [7, 11) is 0. The van der Waals surface area contributed by atoms with Gasteiger partial charge < -0.3 is 15.8 Å². The second-order valence-corrected chi connectivity index (χ2v) is 4.28. The van der Waals surface area contributed by atoms with Crippen LogP contribution in [0.15, 0.2) is 18.2 Å². The fraction of sp³-hybridized carbons (Fsp3) is 0.500. The number of carbonyl (C=O) groups excluding carboxylic acids is 1. The Hall–Kier alpha value is -1.71. The standard InChI is InChI=1S/C14H22N2O2/c1-3-18-14(17)6-4-5-9-16-13-10-11(2)7-8-12(13)15/h7-8,10,16H,3-6,9,15H2,1-2H3. The highest BCUT2D eigenvalue weighted by atomic mass is 16.5. The molecule has 0 saturated heterocycles. The zero-order chi connectivity index (χ0) is 13.4. The lowest BCUT2D eigenvalue weighted by Crippen LogP contribution is -2.07. The number of nitrogen functional groups attached to an aromatic ring is 1. The van der Waals surface area contributed by atoms with Gasteiger partial charge in [-0.3, -0.25) is 4.79 Å². The third-order valence-corrected chi connectivity index (χ3v) is 2.64. The van der Waals surface area contributed by atoms with E-state index in [4.69, 9.17) is 10.5 Å². The second kappa shape index (κ2) is 7.58. The third-order valence-electron chi connectivity index (χ3n) is 2.64. The van der Waals surface area contributed by atoms with E-state index < -0.39 is 0 Å². The Morgan fingerprint density at radius 1 is 1.39 bits per heavy atom. The minimum atomic E-state index is -0.118. The molecule has 0 fully saturated rings. The third kappa shape index (κ3) is 5.08. The van der Waals surface area contributed by atoms with Crippen LogP contribution in [0, 0.1) is 6.92 Å². The van der Waals surface area contributed by atoms with E-state index >= 15 is 0 Å². The zero-order valence-corrected chi connectivity index (χ0v) is 11.2. The summed E-state index contributed by atoms with van der Waals surface area (Å²) in [5.74, 6) is -0.118. The van der Waals surface area contributed by atoms with Crippen LogP contribution < -0.4 is 11.1 Å². The lowest BCUT2D eigenvalue weighted by molar-refractivity contribution is -0.143. The number of anilines is 2. The van der Waals surface area contributed by atoms with Gasteiger partial charge >= 0.3 is 5.97 Å². The zero-order valence-electron chi connectivity index (χ0n) is 11.2. The van der Waals surface area contributed by atoms with Crippen molar-refractivity contribution in [2.75, 3.05) is 24.2 Å². The van der Waals surface area contributed by atoms with Gasteiger partial charge in [-0.15, -0.1) is 0 Å². The van der Waals surface area contributed by atoms with E-state index in [0.29, 0.717) is 13.0 Å². The number of nitrogens with two attached hydrogens (primary N) is 1. The van der Waals surface area contributed by atoms with Crippen LogP contribution in [-0.4, -0.2) is 19.1 Å². The smallest absolute Gasteiger partial charge is 0.305 e. The molecule has 18 heavy (non-hydrogen) atoms. The maximum atomic E-state index is 11.1. The van der Waals surface area contributed by atoms with Gasteiger partial charge in [0, 0.05) is 13.0 Å². The molecule has 100 valence electrons. The maximum Gasteiger partial charge on any atom is 0.305 e. The van der Waals surface area contributed by atoms with Gasteiger partial charge in [0.25, 0.3) is 0 Å². The van der Waals surface area contributed by atoms with E-state index in [-0.39, 0.29) is 5.97 Å². The Morgan fingerprint density at radius 2 is 2.17 bits per heavy atom. The molecule has 0 aromatic heterocycles. The van der Waals surface area contributed by atoms with Crippen LogP contribution in [-0.2, 0) is 9.53 Å². The van der Waals surface area contributed by atoms with Crippen LogP contribution in [0.5, 0.6) is 0 Å². The summed E-state index contributed by atoms with van der Waals surface area (Å²) in [5, 5.41) is 3.28. The molecule has 0 aliphatic carbocycles. The van der Waals surface area contributed by atoms with E-state index in [1.165, 1.54) is 5.56 Å². The van der Waals surface area contributed by atoms with Crippen molar-refractivity contribution in [2.45, 2.75) is 33.1 Å². The predicted octanol–water partition coefficient (Wildman–Crippen LogP) is 2.72. The van der Waals surface area contributed by atoms with Crippen molar-refractivity contribution < 1.29 is 9.53 Å². The van der Waals surface area contributed by atoms with Crippen molar-refractivity contribution in [3.8, 4) is 0 Å². The Kier molecular flexibility index (Phi) is 6.05. The molecule has 1 aromatic rings. The first-order chi connectivity index (χ1) is 8.63. The van der Waals surface area contributed by atoms with Crippen molar-refractivity contribution in [1.29, 1.82) is 0 Å². The van der Waals surface area contributed by atoms with Gasteiger partial charge in [0.05, 0.1) is 18.0 Å². The fourth-order valence-electron chi connectivity index (χ4n) is 1.67. The quantitative estimate of drug-likeness (QED) is 0.443. The number of benzene rings is 1. The molecular formula is C14H22N2O2. The SMILES string of the molecule is CCOC(=O)CCCCNc1cc(C)ccc1N. The van der Waals surface area contributed by atoms with Gasteiger partial charge in [0.2, 0.25) is 0 Å². The molecular weight excluding hydrogens is 228 g/mol. The molecule has 0 aliphatic heterocycles. The van der Waals surface area contributed by atoms with Crippen molar-refractivity contribution >= 4 is 17.3 Å². The molecule has 0 saturated carbocycles. The highest BCUT2D eigenvalue weighted by molar-refractivity contribution is 5.69. The van der Waals surface area contributed by atoms with Crippen LogP contribution in [0.25, 0.3) is 0 Å². The number of unbranched alkanes of at least 4 members (excludes halogenated alkanes) is 1. The molecule has 0 heterocycles. The van der Waals surface area contributed by atoms with Crippen molar-refractivity contribution in [2.24, 2.45) is 0 Å². The summed E-state index contributed by atoms with van der Waals surface area (Å²) >= 11 is 0. The first kappa shape index (κ1) is 14.4. The van der Waals surface area contributed by atoms with Crippen LogP contribution in [0.2, 0.25) is 0 Å². The molecule has 0 atom stereocenters. The Bertz CT molecular complexity index is 391. The van der Waals surface area contributed by atoms with Crippen molar-refractivity contribution in [3.63, 3.8) is 0 Å². The first-order valence-corrected chi connectivity index (χ1v) is 6.39. The Balaban J connectivity index is 2.21. The number of hydrogen-bond donors (Lipinski definition) is 2. The molecule has 0 spiro atoms. The van der Waals surface area contributed by atoms with Gasteiger partial charge in [-0.25, -0.2) is 0 Å². The molecule has 0 unspecified atom stereocenters. The second-order valence-electron chi connectivity index (χ2n) is 4.28. The van der Waals surface area contributed by atoms with Crippen LogP contribution in [0.3, 0.4) is 0 Å². The van der Waals surface area contributed by atoms with Gasteiger partial charge in [-0.05, 0) is 44.4 Å². The predicted molar refractivity (Wildman–Crippen MR) is 74.6 cm³/mol. The monoisotopic (exact) mass is 250 g/mol. The summed E-state index contributed by atoms with van der Waals surface area (Å²) in [6, 6.07) is 5.91. The largest absolute Gasteiger partial charge is 0.466 e. The number of hydrogen-bond acceptors (Lipinski definition) is 4. The van der Waals surface area contributed by atoms with Gasteiger partial charge in [-0.2, -0.15) is 0 Å². The number of rotatable bonds is 7. The summed E-state index contributed by atoms with van der Waals surface area (Å²) in [6.07, 6.45) is 2.24. The minimum absolute atomic E-state index is 0.118. The van der Waals surface area contributed by atoms with E-state index in [1.807, 2.05) is 32.0 Å². The lowest BCUT2D eigenvalue weighted by atomic mass is 10.2. The Labute approximate surface area is 109 Å². The number of ether oxygens (including phenoxy) is 1. The number of aryl methyl sites for hydroxylation is 1. The van der Waals surface area contributed by atoms with Gasteiger partial charge in [0.15, 0.2) is 0 Å². The van der Waals surface area contributed by atoms with Crippen LogP contribution in [0.4, 0.5) is 11.4 Å². The summed E-state index contributed by atoms with van der Waals surface area (Å²) in [6.45, 7) is 5.12. The normalized spacial score (nSPS) is 10.1. The summed E-state index contributed by atoms with van der Waals surface area (Å²) < 4.78 is 4.86. The fourth-order valence-corrected chi connectivity index (χ4v) is 1.67. The summed E-state index contributed by atoms with van der Waals surface area (Å²) in [4.78, 5) is 11.1. The molecule has 1 aromatic carbocycles. The van der Waals surface area contributed by atoms with Crippen LogP contribution >= 0.6 is 0 Å². The minimum Gasteiger partial charge on any atom is -0.466 e. The first-order valence-electron chi connectivity index (χ1n) is 6.39. The molecule has 0 aliphatic rings. The van der Waals surface area contributed by atoms with Crippen molar-refractivity contribution in [3.05, 3.63) is 23.8 Å². The lowest BCUT2D eigenvalue weighted by Gasteiger charge is -2.09. The molecule has 0 amide bonds. The average Bonchev–Trinajstić information content (AvgIpc) is 2.33. The molecule has 0 radical (unpaired) electrons. The highest BCUT2D eigenvalue weighted by Gasteiger charge is 2.01. The van der Waals surface area contributed by atoms with E-state index in [0.717, 1.165) is 30.8 Å². The van der Waals surface area contributed by atoms with Crippen LogP contribution in [0.1, 0.15) is 31.7 Å². The van der Waals surface area contributed by atoms with E-state index in [1.54, 1.807) is 0 Å². The number of nitrogens with one attached hydrogen (secondary N) is 1.